The Labute approximate surface area is 193 Å². The number of nitrogens with one attached hydrogen (secondary N) is 1. The number of para-hydroxylation sites is 1. The van der Waals surface area contributed by atoms with Crippen LogP contribution in [0.4, 0.5) is 5.69 Å². The van der Waals surface area contributed by atoms with Gasteiger partial charge in [0.15, 0.2) is 10.4 Å². The Morgan fingerprint density at radius 3 is 2.61 bits per heavy atom. The minimum absolute atomic E-state index is 0.179. The van der Waals surface area contributed by atoms with E-state index in [0.717, 1.165) is 5.56 Å². The summed E-state index contributed by atoms with van der Waals surface area (Å²) in [7, 11) is 1.60. The molecule has 0 radical (unpaired) electrons. The summed E-state index contributed by atoms with van der Waals surface area (Å²) < 4.78 is 5.80. The van der Waals surface area contributed by atoms with Crippen molar-refractivity contribution < 1.29 is 14.0 Å². The van der Waals surface area contributed by atoms with Gasteiger partial charge in [-0.25, -0.2) is 0 Å². The summed E-state index contributed by atoms with van der Waals surface area (Å²) in [6, 6.07) is 19.8. The second-order valence-corrected chi connectivity index (χ2v) is 8.45. The molecule has 3 aromatic rings. The van der Waals surface area contributed by atoms with Crippen molar-refractivity contribution in [3.63, 3.8) is 0 Å². The first kappa shape index (κ1) is 22.7. The smallest absolute Gasteiger partial charge is 0.293 e. The van der Waals surface area contributed by atoms with Gasteiger partial charge in [0, 0.05) is 25.1 Å². The van der Waals surface area contributed by atoms with Crippen LogP contribution in [0, 0.1) is 11.3 Å². The molecule has 0 saturated heterocycles. The normalized spacial score (nSPS) is 10.4. The summed E-state index contributed by atoms with van der Waals surface area (Å²) in [5.74, 6) is 0.972. The van der Waals surface area contributed by atoms with E-state index in [0.29, 0.717) is 39.5 Å². The highest BCUT2D eigenvalue weighted by atomic mass is 79.9. The zero-order valence-electron chi connectivity index (χ0n) is 16.8. The lowest BCUT2D eigenvalue weighted by atomic mass is 10.1. The molecule has 0 saturated carbocycles. The fourth-order valence-corrected chi connectivity index (χ4v) is 4.10. The quantitative estimate of drug-likeness (QED) is 0.449. The Balaban J connectivity index is 1.57. The highest BCUT2D eigenvalue weighted by molar-refractivity contribution is 9.10. The van der Waals surface area contributed by atoms with Crippen molar-refractivity contribution >= 4 is 45.2 Å². The van der Waals surface area contributed by atoms with E-state index in [4.69, 9.17) is 9.68 Å². The molecule has 0 bridgehead atoms. The maximum absolute atomic E-state index is 12.7. The van der Waals surface area contributed by atoms with Gasteiger partial charge in [-0.05, 0) is 51.8 Å². The topological polar surface area (TPSA) is 86.3 Å². The maximum atomic E-state index is 12.7. The Morgan fingerprint density at radius 2 is 1.87 bits per heavy atom. The van der Waals surface area contributed by atoms with Gasteiger partial charge in [-0.2, -0.15) is 17.0 Å². The minimum Gasteiger partial charge on any atom is -0.444 e. The Kier molecular flexibility index (Phi) is 7.93. The van der Waals surface area contributed by atoms with Crippen LogP contribution >= 0.6 is 27.7 Å². The third-order valence-electron chi connectivity index (χ3n) is 4.53. The molecular formula is C23H20BrN3O3S. The predicted octanol–water partition coefficient (Wildman–Crippen LogP) is 4.85. The second-order valence-electron chi connectivity index (χ2n) is 6.56. The summed E-state index contributed by atoms with van der Waals surface area (Å²) in [5.41, 5.74) is 2.55. The van der Waals surface area contributed by atoms with Crippen LogP contribution < -0.4 is 10.2 Å². The van der Waals surface area contributed by atoms with E-state index in [1.807, 2.05) is 18.2 Å². The SMILES string of the molecule is CN(C(=O)c1ccc(Br)o1)c1ccccc1C(=O)NCCSCc1ccccc1C#N. The summed E-state index contributed by atoms with van der Waals surface area (Å²) in [6.45, 7) is 0.468. The number of benzene rings is 2. The Hall–Kier alpha value is -3.02. The van der Waals surface area contributed by atoms with Crippen molar-refractivity contribution in [2.75, 3.05) is 24.2 Å². The van der Waals surface area contributed by atoms with Crippen LogP contribution in [0.15, 0.2) is 69.8 Å². The number of rotatable bonds is 8. The standard InChI is InChI=1S/C23H20BrN3O3S/c1-27(23(29)20-10-11-21(24)30-20)19-9-5-4-8-18(19)22(28)26-12-13-31-15-17-7-3-2-6-16(17)14-25/h2-11H,12-13,15H2,1H3,(H,26,28). The summed E-state index contributed by atoms with van der Waals surface area (Å²) >= 11 is 4.83. The van der Waals surface area contributed by atoms with Crippen molar-refractivity contribution in [2.45, 2.75) is 5.75 Å². The monoisotopic (exact) mass is 497 g/mol. The van der Waals surface area contributed by atoms with Crippen LogP contribution in [0.2, 0.25) is 0 Å². The summed E-state index contributed by atoms with van der Waals surface area (Å²) in [6.07, 6.45) is 0. The molecule has 1 heterocycles. The molecule has 0 spiro atoms. The second kappa shape index (κ2) is 10.8. The lowest BCUT2D eigenvalue weighted by molar-refractivity contribution is 0.0956. The van der Waals surface area contributed by atoms with E-state index in [2.05, 4.69) is 27.3 Å². The number of hydrogen-bond donors (Lipinski definition) is 1. The number of amides is 2. The van der Waals surface area contributed by atoms with E-state index in [1.165, 1.54) is 4.90 Å². The summed E-state index contributed by atoms with van der Waals surface area (Å²) in [5, 5.41) is 12.0. The number of anilines is 1. The van der Waals surface area contributed by atoms with Gasteiger partial charge in [0.05, 0.1) is 22.9 Å². The van der Waals surface area contributed by atoms with E-state index in [-0.39, 0.29) is 17.6 Å². The van der Waals surface area contributed by atoms with Gasteiger partial charge in [-0.3, -0.25) is 9.59 Å². The molecule has 6 nitrogen and oxygen atoms in total. The van der Waals surface area contributed by atoms with Gasteiger partial charge in [-0.15, -0.1) is 0 Å². The van der Waals surface area contributed by atoms with Crippen LogP contribution in [-0.4, -0.2) is 31.2 Å². The molecule has 0 fully saturated rings. The average Bonchev–Trinajstić information content (AvgIpc) is 3.24. The first-order valence-corrected chi connectivity index (χ1v) is 11.4. The van der Waals surface area contributed by atoms with Gasteiger partial charge >= 0.3 is 0 Å². The van der Waals surface area contributed by atoms with Gasteiger partial charge in [0.2, 0.25) is 0 Å². The number of nitriles is 1. The molecule has 2 amide bonds. The molecule has 3 rings (SSSR count). The molecule has 158 valence electrons. The highest BCUT2D eigenvalue weighted by Gasteiger charge is 2.21. The molecule has 0 aliphatic rings. The fraction of sp³-hybridized carbons (Fsp3) is 0.174. The van der Waals surface area contributed by atoms with Crippen LogP contribution in [0.3, 0.4) is 0 Å². The zero-order chi connectivity index (χ0) is 22.2. The van der Waals surface area contributed by atoms with Crippen LogP contribution in [-0.2, 0) is 5.75 Å². The third-order valence-corrected chi connectivity index (χ3v) is 5.96. The van der Waals surface area contributed by atoms with E-state index >= 15 is 0 Å². The van der Waals surface area contributed by atoms with Crippen molar-refractivity contribution in [1.82, 2.24) is 5.32 Å². The molecule has 0 unspecified atom stereocenters. The van der Waals surface area contributed by atoms with E-state index in [1.54, 1.807) is 61.3 Å². The average molecular weight is 498 g/mol. The van der Waals surface area contributed by atoms with Crippen LogP contribution in [0.5, 0.6) is 0 Å². The van der Waals surface area contributed by atoms with Crippen molar-refractivity contribution in [3.8, 4) is 6.07 Å². The lowest BCUT2D eigenvalue weighted by Crippen LogP contribution is -2.31. The van der Waals surface area contributed by atoms with Gasteiger partial charge < -0.3 is 14.6 Å². The molecule has 2 aromatic carbocycles. The number of nitrogens with zero attached hydrogens (tertiary/aromatic N) is 2. The maximum Gasteiger partial charge on any atom is 0.293 e. The number of carbonyl (C=O) groups is 2. The first-order chi connectivity index (χ1) is 15.0. The molecule has 0 atom stereocenters. The van der Waals surface area contributed by atoms with E-state index in [9.17, 15) is 9.59 Å². The number of carbonyl (C=O) groups excluding carboxylic acids is 2. The van der Waals surface area contributed by atoms with Crippen molar-refractivity contribution in [1.29, 1.82) is 5.26 Å². The third kappa shape index (κ3) is 5.78. The molecule has 1 aromatic heterocycles. The molecule has 0 aliphatic heterocycles. The number of thioether (sulfide) groups is 1. The highest BCUT2D eigenvalue weighted by Crippen LogP contribution is 2.23. The Morgan fingerprint density at radius 1 is 1.13 bits per heavy atom. The van der Waals surface area contributed by atoms with Gasteiger partial charge in [0.1, 0.15) is 0 Å². The van der Waals surface area contributed by atoms with Crippen molar-refractivity contribution in [2.24, 2.45) is 0 Å². The van der Waals surface area contributed by atoms with Crippen LogP contribution in [0.1, 0.15) is 32.0 Å². The number of furan rings is 1. The fourth-order valence-electron chi connectivity index (χ4n) is 2.93. The predicted molar refractivity (Wildman–Crippen MR) is 125 cm³/mol. The summed E-state index contributed by atoms with van der Waals surface area (Å²) in [4.78, 5) is 26.8. The first-order valence-electron chi connectivity index (χ1n) is 9.47. The lowest BCUT2D eigenvalue weighted by Gasteiger charge is -2.19. The van der Waals surface area contributed by atoms with E-state index < -0.39 is 0 Å². The Bertz CT molecular complexity index is 1120. The molecule has 0 aliphatic carbocycles. The molecule has 8 heteroatoms. The molecule has 1 N–H and O–H groups in total. The van der Waals surface area contributed by atoms with Crippen molar-refractivity contribution in [3.05, 3.63) is 87.8 Å². The van der Waals surface area contributed by atoms with Crippen LogP contribution in [0.25, 0.3) is 0 Å². The minimum atomic E-state index is -0.349. The number of hydrogen-bond acceptors (Lipinski definition) is 5. The molecular weight excluding hydrogens is 478 g/mol. The number of halogens is 1. The zero-order valence-corrected chi connectivity index (χ0v) is 19.2. The van der Waals surface area contributed by atoms with Gasteiger partial charge in [-0.1, -0.05) is 30.3 Å². The largest absolute Gasteiger partial charge is 0.444 e. The molecule has 31 heavy (non-hydrogen) atoms. The van der Waals surface area contributed by atoms with Gasteiger partial charge in [0.25, 0.3) is 11.8 Å².